The van der Waals surface area contributed by atoms with Crippen molar-refractivity contribution in [2.75, 3.05) is 57.4 Å². The maximum absolute atomic E-state index is 12.0. The van der Waals surface area contributed by atoms with Crippen LogP contribution in [0.25, 0.3) is 0 Å². The lowest BCUT2D eigenvalue weighted by Crippen LogP contribution is -2.47. The first-order valence-corrected chi connectivity index (χ1v) is 9.74. The van der Waals surface area contributed by atoms with Gasteiger partial charge in [0.05, 0.1) is 31.3 Å². The van der Waals surface area contributed by atoms with Crippen LogP contribution in [0.2, 0.25) is 0 Å². The monoisotopic (exact) mass is 347 g/mol. The number of carbonyl (C=O) groups is 2. The number of carbonyl (C=O) groups excluding carboxylic acids is 2. The number of rotatable bonds is 6. The van der Waals surface area contributed by atoms with Crippen LogP contribution in [0.15, 0.2) is 0 Å². The summed E-state index contributed by atoms with van der Waals surface area (Å²) >= 11 is 0. The van der Waals surface area contributed by atoms with Crippen LogP contribution in [0.1, 0.15) is 13.3 Å². The highest BCUT2D eigenvalue weighted by atomic mass is 32.2. The highest BCUT2D eigenvalue weighted by Crippen LogP contribution is 2.17. The standard InChI is InChI=1S/C14H25N3O5S/c1-12(18)17(13-2-9-23(20,21)11-13)10-14(19)15-3-4-16-5-7-22-8-6-16/h13H,2-11H2,1H3,(H,15,19). The van der Waals surface area contributed by atoms with Gasteiger partial charge in [-0.3, -0.25) is 14.5 Å². The predicted octanol–water partition coefficient (Wildman–Crippen LogP) is -1.53. The first kappa shape index (κ1) is 18.2. The lowest BCUT2D eigenvalue weighted by molar-refractivity contribution is -0.136. The Kier molecular flexibility index (Phi) is 6.37. The minimum Gasteiger partial charge on any atom is -0.379 e. The summed E-state index contributed by atoms with van der Waals surface area (Å²) in [5.41, 5.74) is 0. The maximum Gasteiger partial charge on any atom is 0.239 e. The Morgan fingerprint density at radius 1 is 1.30 bits per heavy atom. The summed E-state index contributed by atoms with van der Waals surface area (Å²) in [7, 11) is -3.09. The molecule has 0 aromatic heterocycles. The molecule has 2 saturated heterocycles. The molecule has 1 atom stereocenters. The van der Waals surface area contributed by atoms with E-state index < -0.39 is 9.84 Å². The molecule has 2 aliphatic heterocycles. The fourth-order valence-electron chi connectivity index (χ4n) is 2.91. The van der Waals surface area contributed by atoms with E-state index in [0.29, 0.717) is 26.2 Å². The van der Waals surface area contributed by atoms with Gasteiger partial charge in [0, 0.05) is 39.1 Å². The third-order valence-corrected chi connectivity index (χ3v) is 5.97. The molecule has 1 N–H and O–H groups in total. The second kappa shape index (κ2) is 8.07. The van der Waals surface area contributed by atoms with E-state index in [4.69, 9.17) is 4.74 Å². The lowest BCUT2D eigenvalue weighted by atomic mass is 10.2. The molecule has 0 aromatic carbocycles. The van der Waals surface area contributed by atoms with Gasteiger partial charge >= 0.3 is 0 Å². The molecule has 132 valence electrons. The first-order valence-electron chi connectivity index (χ1n) is 7.92. The second-order valence-electron chi connectivity index (χ2n) is 6.01. The Morgan fingerprint density at radius 2 is 2.00 bits per heavy atom. The zero-order valence-corrected chi connectivity index (χ0v) is 14.3. The zero-order valence-electron chi connectivity index (χ0n) is 13.5. The summed E-state index contributed by atoms with van der Waals surface area (Å²) in [4.78, 5) is 27.3. The molecule has 0 aliphatic carbocycles. The van der Waals surface area contributed by atoms with E-state index in [1.165, 1.54) is 11.8 Å². The van der Waals surface area contributed by atoms with Gasteiger partial charge in [0.2, 0.25) is 11.8 Å². The first-order chi connectivity index (χ1) is 10.9. The Labute approximate surface area is 137 Å². The Balaban J connectivity index is 1.76. The molecule has 0 bridgehead atoms. The summed E-state index contributed by atoms with van der Waals surface area (Å²) in [6.45, 7) is 5.67. The molecular formula is C14H25N3O5S. The fraction of sp³-hybridized carbons (Fsp3) is 0.857. The Morgan fingerprint density at radius 3 is 2.57 bits per heavy atom. The molecule has 0 spiro atoms. The molecule has 2 fully saturated rings. The molecule has 0 aromatic rings. The molecule has 2 rings (SSSR count). The maximum atomic E-state index is 12.0. The molecular weight excluding hydrogens is 322 g/mol. The molecule has 8 nitrogen and oxygen atoms in total. The van der Waals surface area contributed by atoms with Gasteiger partial charge in [-0.1, -0.05) is 0 Å². The molecule has 0 radical (unpaired) electrons. The van der Waals surface area contributed by atoms with Crippen molar-refractivity contribution in [3.8, 4) is 0 Å². The van der Waals surface area contributed by atoms with Gasteiger partial charge in [0.1, 0.15) is 0 Å². The van der Waals surface area contributed by atoms with Crippen molar-refractivity contribution in [1.29, 1.82) is 0 Å². The van der Waals surface area contributed by atoms with Gasteiger partial charge in [-0.15, -0.1) is 0 Å². The highest BCUT2D eigenvalue weighted by molar-refractivity contribution is 7.91. The molecule has 9 heteroatoms. The van der Waals surface area contributed by atoms with E-state index in [1.54, 1.807) is 0 Å². The quantitative estimate of drug-likeness (QED) is 0.626. The van der Waals surface area contributed by atoms with E-state index in [1.807, 2.05) is 0 Å². The lowest BCUT2D eigenvalue weighted by Gasteiger charge is -2.28. The predicted molar refractivity (Wildman–Crippen MR) is 84.7 cm³/mol. The molecule has 1 unspecified atom stereocenters. The van der Waals surface area contributed by atoms with Gasteiger partial charge in [-0.25, -0.2) is 8.42 Å². The van der Waals surface area contributed by atoms with Crippen LogP contribution in [0, 0.1) is 0 Å². The number of nitrogens with one attached hydrogen (secondary N) is 1. The van der Waals surface area contributed by atoms with Gasteiger partial charge in [0.25, 0.3) is 0 Å². The van der Waals surface area contributed by atoms with Crippen LogP contribution < -0.4 is 5.32 Å². The van der Waals surface area contributed by atoms with Crippen molar-refractivity contribution in [3.63, 3.8) is 0 Å². The van der Waals surface area contributed by atoms with Crippen molar-refractivity contribution in [3.05, 3.63) is 0 Å². The zero-order chi connectivity index (χ0) is 16.9. The molecule has 2 heterocycles. The van der Waals surface area contributed by atoms with E-state index >= 15 is 0 Å². The number of amides is 2. The minimum atomic E-state index is -3.09. The van der Waals surface area contributed by atoms with Crippen LogP contribution >= 0.6 is 0 Å². The largest absolute Gasteiger partial charge is 0.379 e. The van der Waals surface area contributed by atoms with E-state index in [-0.39, 0.29) is 35.9 Å². The van der Waals surface area contributed by atoms with Crippen LogP contribution in [-0.4, -0.2) is 93.5 Å². The highest BCUT2D eigenvalue weighted by Gasteiger charge is 2.34. The van der Waals surface area contributed by atoms with Gasteiger partial charge in [-0.05, 0) is 6.42 Å². The number of hydrogen-bond donors (Lipinski definition) is 1. The summed E-state index contributed by atoms with van der Waals surface area (Å²) in [5.74, 6) is -0.485. The van der Waals surface area contributed by atoms with Crippen molar-refractivity contribution in [2.24, 2.45) is 0 Å². The topological polar surface area (TPSA) is 96.0 Å². The number of sulfone groups is 1. The number of hydrogen-bond acceptors (Lipinski definition) is 6. The number of morpholine rings is 1. The summed E-state index contributed by atoms with van der Waals surface area (Å²) in [5, 5.41) is 2.79. The van der Waals surface area contributed by atoms with Crippen molar-refractivity contribution in [2.45, 2.75) is 19.4 Å². The van der Waals surface area contributed by atoms with Crippen LogP contribution in [0.3, 0.4) is 0 Å². The van der Waals surface area contributed by atoms with Gasteiger partial charge in [0.15, 0.2) is 9.84 Å². The van der Waals surface area contributed by atoms with Gasteiger partial charge < -0.3 is 15.0 Å². The number of nitrogens with zero attached hydrogens (tertiary/aromatic N) is 2. The van der Waals surface area contributed by atoms with Crippen molar-refractivity contribution < 1.29 is 22.7 Å². The molecule has 0 saturated carbocycles. The summed E-state index contributed by atoms with van der Waals surface area (Å²) in [6.07, 6.45) is 0.406. The average molecular weight is 347 g/mol. The van der Waals surface area contributed by atoms with Crippen molar-refractivity contribution in [1.82, 2.24) is 15.1 Å². The van der Waals surface area contributed by atoms with E-state index in [0.717, 1.165) is 19.6 Å². The summed E-state index contributed by atoms with van der Waals surface area (Å²) < 4.78 is 28.4. The third-order valence-electron chi connectivity index (χ3n) is 4.22. The van der Waals surface area contributed by atoms with E-state index in [9.17, 15) is 18.0 Å². The average Bonchev–Trinajstić information content (AvgIpc) is 2.85. The molecule has 2 aliphatic rings. The van der Waals surface area contributed by atoms with E-state index in [2.05, 4.69) is 10.2 Å². The Hall–Kier alpha value is -1.19. The molecule has 23 heavy (non-hydrogen) atoms. The third kappa shape index (κ3) is 5.74. The number of ether oxygens (including phenoxy) is 1. The van der Waals surface area contributed by atoms with Gasteiger partial charge in [-0.2, -0.15) is 0 Å². The van der Waals surface area contributed by atoms with Crippen LogP contribution in [-0.2, 0) is 24.2 Å². The Bertz CT molecular complexity index is 531. The summed E-state index contributed by atoms with van der Waals surface area (Å²) in [6, 6.07) is -0.387. The van der Waals surface area contributed by atoms with Crippen LogP contribution in [0.4, 0.5) is 0 Å². The SMILES string of the molecule is CC(=O)N(CC(=O)NCCN1CCOCC1)C1CCS(=O)(=O)C1. The van der Waals surface area contributed by atoms with Crippen molar-refractivity contribution >= 4 is 21.7 Å². The fourth-order valence-corrected chi connectivity index (χ4v) is 4.64. The minimum absolute atomic E-state index is 0.0480. The molecule has 2 amide bonds. The van der Waals surface area contributed by atoms with Crippen LogP contribution in [0.5, 0.6) is 0 Å². The smallest absolute Gasteiger partial charge is 0.239 e. The second-order valence-corrected chi connectivity index (χ2v) is 8.24. The normalized spacial score (nSPS) is 24.3.